The molecule has 0 aliphatic carbocycles. The van der Waals surface area contributed by atoms with Crippen molar-refractivity contribution in [3.63, 3.8) is 0 Å². The first-order valence-electron chi connectivity index (χ1n) is 9.46. The Kier molecular flexibility index (Phi) is 6.19. The van der Waals surface area contributed by atoms with Gasteiger partial charge < -0.3 is 15.2 Å². The first kappa shape index (κ1) is 17.6. The molecule has 7 nitrogen and oxygen atoms in total. The van der Waals surface area contributed by atoms with E-state index in [2.05, 4.69) is 37.1 Å². The zero-order valence-electron chi connectivity index (χ0n) is 15.0. The summed E-state index contributed by atoms with van der Waals surface area (Å²) in [6, 6.07) is 0. The molecule has 0 unspecified atom stereocenters. The van der Waals surface area contributed by atoms with Crippen molar-refractivity contribution in [1.82, 2.24) is 25.3 Å². The molecule has 1 aliphatic rings. The van der Waals surface area contributed by atoms with E-state index in [1.165, 1.54) is 25.7 Å². The number of hydrogen-bond donors (Lipinski definition) is 2. The van der Waals surface area contributed by atoms with E-state index < -0.39 is 0 Å². The van der Waals surface area contributed by atoms with Gasteiger partial charge in [-0.05, 0) is 19.3 Å². The number of hydrogen-bond acceptors (Lipinski definition) is 5. The maximum atomic E-state index is 12.5. The highest BCUT2D eigenvalue weighted by Gasteiger charge is 2.27. The number of carbonyl (C=O) groups excluding carboxylic acids is 1. The summed E-state index contributed by atoms with van der Waals surface area (Å²) < 4.78 is 0. The molecule has 0 saturated carbocycles. The van der Waals surface area contributed by atoms with Crippen LogP contribution in [0.25, 0.3) is 11.2 Å². The second-order valence-electron chi connectivity index (χ2n) is 6.79. The van der Waals surface area contributed by atoms with E-state index in [1.54, 1.807) is 12.7 Å². The van der Waals surface area contributed by atoms with Crippen molar-refractivity contribution in [2.24, 2.45) is 5.92 Å². The third kappa shape index (κ3) is 4.46. The first-order valence-corrected chi connectivity index (χ1v) is 9.46. The Labute approximate surface area is 148 Å². The van der Waals surface area contributed by atoms with Crippen LogP contribution in [0.15, 0.2) is 12.7 Å². The molecule has 1 atom stereocenters. The lowest BCUT2D eigenvalue weighted by Crippen LogP contribution is -2.43. The quantitative estimate of drug-likeness (QED) is 0.719. The maximum Gasteiger partial charge on any atom is 0.224 e. The van der Waals surface area contributed by atoms with Gasteiger partial charge in [0.1, 0.15) is 11.8 Å². The number of carbonyl (C=O) groups is 1. The maximum absolute atomic E-state index is 12.5. The smallest absolute Gasteiger partial charge is 0.224 e. The zero-order chi connectivity index (χ0) is 17.5. The Bertz CT molecular complexity index is 685. The Morgan fingerprint density at radius 3 is 3.04 bits per heavy atom. The fourth-order valence-electron chi connectivity index (χ4n) is 3.46. The number of unbranched alkanes of at least 4 members (excludes halogenated alkanes) is 4. The van der Waals surface area contributed by atoms with Gasteiger partial charge in [-0.1, -0.05) is 32.6 Å². The average Bonchev–Trinajstić information content (AvgIpc) is 3.13. The normalized spacial score (nSPS) is 17.8. The number of rotatable bonds is 8. The third-order valence-corrected chi connectivity index (χ3v) is 4.87. The molecule has 2 aromatic heterocycles. The molecule has 2 N–H and O–H groups in total. The van der Waals surface area contributed by atoms with Crippen LogP contribution >= 0.6 is 0 Å². The molecule has 1 amide bonds. The third-order valence-electron chi connectivity index (χ3n) is 4.87. The van der Waals surface area contributed by atoms with Crippen molar-refractivity contribution in [1.29, 1.82) is 0 Å². The van der Waals surface area contributed by atoms with Crippen LogP contribution in [0.4, 0.5) is 5.82 Å². The number of piperidine rings is 1. The summed E-state index contributed by atoms with van der Waals surface area (Å²) in [5.41, 5.74) is 1.52. The van der Waals surface area contributed by atoms with E-state index in [0.29, 0.717) is 12.2 Å². The van der Waals surface area contributed by atoms with Crippen LogP contribution in [0.3, 0.4) is 0 Å². The van der Waals surface area contributed by atoms with Crippen molar-refractivity contribution in [2.45, 2.75) is 51.9 Å². The van der Waals surface area contributed by atoms with Gasteiger partial charge in [0.05, 0.1) is 12.2 Å². The number of aromatic amines is 1. The lowest BCUT2D eigenvalue weighted by atomic mass is 9.97. The minimum atomic E-state index is 0.0253. The SMILES string of the molecule is CCCCCCCNC(=O)[C@H]1CCCN(c2ncnc3nc[nH]c23)C1. The van der Waals surface area contributed by atoms with Crippen LogP contribution in [0, 0.1) is 5.92 Å². The predicted molar refractivity (Wildman–Crippen MR) is 98.4 cm³/mol. The Hall–Kier alpha value is -2.18. The van der Waals surface area contributed by atoms with E-state index in [0.717, 1.165) is 43.7 Å². The highest BCUT2D eigenvalue weighted by atomic mass is 16.1. The summed E-state index contributed by atoms with van der Waals surface area (Å²) in [6.45, 7) is 4.61. The van der Waals surface area contributed by atoms with Crippen LogP contribution in [-0.2, 0) is 4.79 Å². The largest absolute Gasteiger partial charge is 0.356 e. The lowest BCUT2D eigenvalue weighted by molar-refractivity contribution is -0.125. The van der Waals surface area contributed by atoms with Crippen molar-refractivity contribution < 1.29 is 4.79 Å². The molecular formula is C18H28N6O. The fraction of sp³-hybridized carbons (Fsp3) is 0.667. The van der Waals surface area contributed by atoms with Crippen LogP contribution < -0.4 is 10.2 Å². The number of nitrogens with one attached hydrogen (secondary N) is 2. The number of fused-ring (bicyclic) bond motifs is 1. The number of H-pyrrole nitrogens is 1. The van der Waals surface area contributed by atoms with Gasteiger partial charge in [-0.25, -0.2) is 15.0 Å². The van der Waals surface area contributed by atoms with Gasteiger partial charge in [0.15, 0.2) is 11.5 Å². The summed E-state index contributed by atoms with van der Waals surface area (Å²) in [4.78, 5) is 30.5. The standard InChI is InChI=1S/C18H28N6O/c1-2-3-4-5-6-9-19-18(25)14-8-7-10-24(11-14)17-15-16(21-12-20-15)22-13-23-17/h12-14H,2-11H2,1H3,(H,19,25)(H,20,21,22,23)/t14-/m0/s1. The second-order valence-corrected chi connectivity index (χ2v) is 6.79. The van der Waals surface area contributed by atoms with E-state index in [1.807, 2.05) is 0 Å². The molecule has 3 heterocycles. The molecule has 1 saturated heterocycles. The van der Waals surface area contributed by atoms with Crippen molar-refractivity contribution in [2.75, 3.05) is 24.5 Å². The van der Waals surface area contributed by atoms with E-state index in [-0.39, 0.29) is 11.8 Å². The predicted octanol–water partition coefficient (Wildman–Crippen LogP) is 2.66. The van der Waals surface area contributed by atoms with Crippen molar-refractivity contribution >= 4 is 22.9 Å². The van der Waals surface area contributed by atoms with E-state index in [4.69, 9.17) is 0 Å². The Morgan fingerprint density at radius 2 is 2.16 bits per heavy atom. The monoisotopic (exact) mass is 344 g/mol. The minimum absolute atomic E-state index is 0.0253. The zero-order valence-corrected chi connectivity index (χ0v) is 15.0. The minimum Gasteiger partial charge on any atom is -0.356 e. The van der Waals surface area contributed by atoms with Gasteiger partial charge in [0, 0.05) is 19.6 Å². The summed E-state index contributed by atoms with van der Waals surface area (Å²) in [5.74, 6) is 1.05. The molecule has 0 aromatic carbocycles. The lowest BCUT2D eigenvalue weighted by Gasteiger charge is -2.32. The van der Waals surface area contributed by atoms with Gasteiger partial charge >= 0.3 is 0 Å². The van der Waals surface area contributed by atoms with Gasteiger partial charge in [-0.3, -0.25) is 4.79 Å². The fourth-order valence-corrected chi connectivity index (χ4v) is 3.46. The molecule has 136 valence electrons. The van der Waals surface area contributed by atoms with Gasteiger partial charge in [0.2, 0.25) is 5.91 Å². The van der Waals surface area contributed by atoms with Crippen LogP contribution in [0.2, 0.25) is 0 Å². The molecule has 3 rings (SSSR count). The number of amides is 1. The summed E-state index contributed by atoms with van der Waals surface area (Å²) in [6.07, 6.45) is 11.2. The van der Waals surface area contributed by atoms with Crippen LogP contribution in [0.5, 0.6) is 0 Å². The molecule has 0 spiro atoms. The Morgan fingerprint density at radius 1 is 1.28 bits per heavy atom. The van der Waals surface area contributed by atoms with Gasteiger partial charge in [-0.2, -0.15) is 0 Å². The second kappa shape index (κ2) is 8.78. The summed E-state index contributed by atoms with van der Waals surface area (Å²) in [7, 11) is 0. The van der Waals surface area contributed by atoms with Gasteiger partial charge in [0.25, 0.3) is 0 Å². The molecular weight excluding hydrogens is 316 g/mol. The molecule has 25 heavy (non-hydrogen) atoms. The number of imidazole rings is 1. The summed E-state index contributed by atoms with van der Waals surface area (Å²) >= 11 is 0. The first-order chi connectivity index (χ1) is 12.3. The Balaban J connectivity index is 1.52. The number of anilines is 1. The number of nitrogens with zero attached hydrogens (tertiary/aromatic N) is 4. The van der Waals surface area contributed by atoms with Gasteiger partial charge in [-0.15, -0.1) is 0 Å². The molecule has 0 radical (unpaired) electrons. The average molecular weight is 344 g/mol. The van der Waals surface area contributed by atoms with E-state index >= 15 is 0 Å². The molecule has 0 bridgehead atoms. The van der Waals surface area contributed by atoms with Crippen molar-refractivity contribution in [3.05, 3.63) is 12.7 Å². The molecule has 1 fully saturated rings. The topological polar surface area (TPSA) is 86.8 Å². The highest BCUT2D eigenvalue weighted by molar-refractivity contribution is 5.84. The molecule has 2 aromatic rings. The van der Waals surface area contributed by atoms with Crippen LogP contribution in [-0.4, -0.2) is 45.5 Å². The highest BCUT2D eigenvalue weighted by Crippen LogP contribution is 2.25. The number of aromatic nitrogens is 4. The molecule has 7 heteroatoms. The molecule has 1 aliphatic heterocycles. The summed E-state index contributed by atoms with van der Waals surface area (Å²) in [5, 5.41) is 3.11. The van der Waals surface area contributed by atoms with Crippen LogP contribution in [0.1, 0.15) is 51.9 Å². The van der Waals surface area contributed by atoms with Crippen molar-refractivity contribution in [3.8, 4) is 0 Å². The van der Waals surface area contributed by atoms with E-state index in [9.17, 15) is 4.79 Å².